The summed E-state index contributed by atoms with van der Waals surface area (Å²) in [4.78, 5) is 0. The van der Waals surface area contributed by atoms with Gasteiger partial charge in [-0.05, 0) is 114 Å². The SMILES string of the molecule is C#CCCc1cc2c(CCC#C)cc3c(CCC#C)cc4c(CCC#C)cc5c(CCC#C)cc1c1c5c4c3c21. The Labute approximate surface area is 237 Å². The van der Waals surface area contributed by atoms with E-state index >= 15 is 0 Å². The molecular weight excluding hydrogens is 480 g/mol. The van der Waals surface area contributed by atoms with Crippen molar-refractivity contribution >= 4 is 53.9 Å². The van der Waals surface area contributed by atoms with Crippen LogP contribution in [0.5, 0.6) is 0 Å². The van der Waals surface area contributed by atoms with E-state index in [2.05, 4.69) is 59.9 Å². The van der Waals surface area contributed by atoms with Crippen molar-refractivity contribution in [3.63, 3.8) is 0 Å². The Kier molecular flexibility index (Phi) is 6.63. The van der Waals surface area contributed by atoms with Crippen molar-refractivity contribution in [2.75, 3.05) is 0 Å². The van der Waals surface area contributed by atoms with Crippen molar-refractivity contribution in [3.05, 3.63) is 58.1 Å². The number of rotatable bonds is 10. The smallest absolute Gasteiger partial charge is 0.0127 e. The summed E-state index contributed by atoms with van der Waals surface area (Å²) in [6, 6.07) is 12.0. The molecule has 0 saturated carbocycles. The second-order valence-corrected chi connectivity index (χ2v) is 10.8. The van der Waals surface area contributed by atoms with E-state index in [-0.39, 0.29) is 0 Å². The van der Waals surface area contributed by atoms with Gasteiger partial charge in [-0.15, -0.1) is 61.7 Å². The van der Waals surface area contributed by atoms with E-state index in [1.807, 2.05) is 0 Å². The number of hydrogen-bond donors (Lipinski definition) is 0. The van der Waals surface area contributed by atoms with E-state index in [9.17, 15) is 0 Å². The summed E-state index contributed by atoms with van der Waals surface area (Å²) in [7, 11) is 0. The molecule has 0 aliphatic carbocycles. The lowest BCUT2D eigenvalue weighted by atomic mass is 9.88. The predicted octanol–water partition coefficient (Wildman–Crippen LogP) is 8.60. The molecule has 0 atom stereocenters. The zero-order chi connectivity index (χ0) is 27.8. The second-order valence-electron chi connectivity index (χ2n) is 10.8. The quantitative estimate of drug-likeness (QED) is 0.128. The molecule has 0 amide bonds. The van der Waals surface area contributed by atoms with Gasteiger partial charge >= 0.3 is 0 Å². The summed E-state index contributed by atoms with van der Waals surface area (Å²) in [6.07, 6.45) is 36.4. The van der Waals surface area contributed by atoms with E-state index in [1.165, 1.54) is 81.7 Å². The third-order valence-corrected chi connectivity index (χ3v) is 8.61. The van der Waals surface area contributed by atoms with Crippen LogP contribution in [0, 0.1) is 61.7 Å². The summed E-state index contributed by atoms with van der Waals surface area (Å²) in [5, 5.41) is 13.3. The van der Waals surface area contributed by atoms with Crippen molar-refractivity contribution in [2.24, 2.45) is 0 Å². The van der Waals surface area contributed by atoms with Gasteiger partial charge in [0.05, 0.1) is 0 Å². The van der Waals surface area contributed by atoms with E-state index in [0.29, 0.717) is 32.1 Å². The number of hydrogen-bond acceptors (Lipinski definition) is 0. The molecule has 0 N–H and O–H groups in total. The molecule has 0 heterocycles. The molecule has 0 nitrogen and oxygen atoms in total. The average molecular weight is 511 g/mol. The Morgan fingerprint density at radius 1 is 0.325 bits per heavy atom. The maximum Gasteiger partial charge on any atom is 0.0127 e. The van der Waals surface area contributed by atoms with Gasteiger partial charge in [0.25, 0.3) is 0 Å². The Balaban J connectivity index is 1.87. The molecule has 190 valence electrons. The fourth-order valence-electron chi connectivity index (χ4n) is 6.93. The Bertz CT molecular complexity index is 1720. The molecular formula is C40H30. The van der Waals surface area contributed by atoms with Crippen molar-refractivity contribution in [3.8, 4) is 61.7 Å². The van der Waals surface area contributed by atoms with Crippen LogP contribution >= 0.6 is 0 Å². The largest absolute Gasteiger partial charge is 0.120 e. The van der Waals surface area contributed by atoms with Crippen LogP contribution < -0.4 is 0 Å². The molecule has 0 spiro atoms. The molecule has 6 aromatic carbocycles. The molecule has 0 bridgehead atoms. The maximum atomic E-state index is 5.75. The zero-order valence-corrected chi connectivity index (χ0v) is 22.8. The minimum atomic E-state index is 0.698. The molecule has 40 heavy (non-hydrogen) atoms. The van der Waals surface area contributed by atoms with Crippen LogP contribution in [0.3, 0.4) is 0 Å². The highest BCUT2D eigenvalue weighted by atomic mass is 14.3. The lowest BCUT2D eigenvalue weighted by molar-refractivity contribution is 1.03. The Morgan fingerprint density at radius 3 is 0.650 bits per heavy atom. The van der Waals surface area contributed by atoms with Crippen LogP contribution in [0.4, 0.5) is 0 Å². The molecule has 0 fully saturated rings. The summed E-state index contributed by atoms with van der Waals surface area (Å²) < 4.78 is 0. The van der Waals surface area contributed by atoms with E-state index in [1.54, 1.807) is 0 Å². The van der Waals surface area contributed by atoms with Gasteiger partial charge < -0.3 is 0 Å². The van der Waals surface area contributed by atoms with Gasteiger partial charge in [-0.1, -0.05) is 30.3 Å². The monoisotopic (exact) mass is 510 g/mol. The summed E-state index contributed by atoms with van der Waals surface area (Å²) in [5.74, 6) is 14.3. The van der Waals surface area contributed by atoms with Gasteiger partial charge in [0.2, 0.25) is 0 Å². The fourth-order valence-corrected chi connectivity index (χ4v) is 6.93. The molecule has 6 rings (SSSR count). The van der Waals surface area contributed by atoms with Crippen LogP contribution in [0.1, 0.15) is 59.9 Å². The van der Waals surface area contributed by atoms with E-state index in [4.69, 9.17) is 32.1 Å². The van der Waals surface area contributed by atoms with E-state index in [0.717, 1.165) is 32.1 Å². The first-order valence-corrected chi connectivity index (χ1v) is 14.1. The van der Waals surface area contributed by atoms with Crippen LogP contribution in [-0.2, 0) is 32.1 Å². The third-order valence-electron chi connectivity index (χ3n) is 8.61. The molecule has 0 aromatic heterocycles. The van der Waals surface area contributed by atoms with Crippen LogP contribution in [-0.4, -0.2) is 0 Å². The van der Waals surface area contributed by atoms with Gasteiger partial charge in [-0.3, -0.25) is 0 Å². The molecule has 0 saturated heterocycles. The zero-order valence-electron chi connectivity index (χ0n) is 22.8. The first-order valence-electron chi connectivity index (χ1n) is 14.1. The minimum absolute atomic E-state index is 0.698. The fraction of sp³-hybridized carbons (Fsp3) is 0.250. The highest BCUT2D eigenvalue weighted by Crippen LogP contribution is 2.52. The number of terminal acetylenes is 5. The Morgan fingerprint density at radius 2 is 0.500 bits per heavy atom. The van der Waals surface area contributed by atoms with Crippen LogP contribution in [0.15, 0.2) is 30.3 Å². The molecule has 0 radical (unpaired) electrons. The van der Waals surface area contributed by atoms with Crippen molar-refractivity contribution in [1.29, 1.82) is 0 Å². The lowest BCUT2D eigenvalue weighted by Crippen LogP contribution is -1.95. The molecule has 0 unspecified atom stereocenters. The van der Waals surface area contributed by atoms with Gasteiger partial charge in [0.15, 0.2) is 0 Å². The predicted molar refractivity (Wildman–Crippen MR) is 173 cm³/mol. The second kappa shape index (κ2) is 10.4. The first-order chi connectivity index (χ1) is 19.7. The summed E-state index contributed by atoms with van der Waals surface area (Å²) in [6.45, 7) is 0. The Hall–Kier alpha value is -4.80. The molecule has 0 aliphatic heterocycles. The van der Waals surface area contributed by atoms with E-state index < -0.39 is 0 Å². The molecule has 6 aromatic rings. The van der Waals surface area contributed by atoms with Crippen molar-refractivity contribution < 1.29 is 0 Å². The summed E-state index contributed by atoms with van der Waals surface area (Å²) >= 11 is 0. The van der Waals surface area contributed by atoms with Gasteiger partial charge in [0.1, 0.15) is 0 Å². The van der Waals surface area contributed by atoms with Gasteiger partial charge in [-0.2, -0.15) is 0 Å². The van der Waals surface area contributed by atoms with Gasteiger partial charge in [-0.25, -0.2) is 0 Å². The highest BCUT2D eigenvalue weighted by molar-refractivity contribution is 6.45. The molecule has 0 heteroatoms. The lowest BCUT2D eigenvalue weighted by Gasteiger charge is -2.16. The topological polar surface area (TPSA) is 0 Å². The van der Waals surface area contributed by atoms with Crippen molar-refractivity contribution in [1.82, 2.24) is 0 Å². The first kappa shape index (κ1) is 25.5. The standard InChI is InChI=1S/C40H30/c1-6-11-16-26-21-32-28(18-13-8-3)23-34-30(20-15-10-5)25-35-29(19-14-9-4)24-33-27(17-12-7-2)22-31(26)36-37(32)39(34)40(35)38(33)36/h1-5,21-25H,11-20H2. The van der Waals surface area contributed by atoms with Crippen LogP contribution in [0.25, 0.3) is 53.9 Å². The minimum Gasteiger partial charge on any atom is -0.120 e. The van der Waals surface area contributed by atoms with Gasteiger partial charge in [0, 0.05) is 32.1 Å². The maximum absolute atomic E-state index is 5.75. The van der Waals surface area contributed by atoms with Crippen LogP contribution in [0.2, 0.25) is 0 Å². The third kappa shape index (κ3) is 3.80. The normalized spacial score (nSPS) is 11.4. The number of benzene rings is 5. The number of aryl methyl sites for hydroxylation is 5. The summed E-state index contributed by atoms with van der Waals surface area (Å²) in [5.41, 5.74) is 6.51. The van der Waals surface area contributed by atoms with Crippen molar-refractivity contribution in [2.45, 2.75) is 64.2 Å². The highest BCUT2D eigenvalue weighted by Gasteiger charge is 2.27. The average Bonchev–Trinajstić information content (AvgIpc) is 3.34. The molecule has 0 aliphatic rings.